The fourth-order valence-corrected chi connectivity index (χ4v) is 5.34. The molecule has 2 aliphatic rings. The largest absolute Gasteiger partial charge is 0.496 e. The number of hydrogen-bond acceptors (Lipinski definition) is 8. The number of nitrogens with one attached hydrogen (secondary N) is 3. The van der Waals surface area contributed by atoms with Gasteiger partial charge in [0, 0.05) is 31.5 Å². The first kappa shape index (κ1) is 28.9. The minimum Gasteiger partial charge on any atom is -0.496 e. The number of amides is 1. The maximum atomic E-state index is 12.3. The van der Waals surface area contributed by atoms with Gasteiger partial charge in [0.2, 0.25) is 5.95 Å². The molecule has 1 aromatic heterocycles. The highest BCUT2D eigenvalue weighted by atomic mass is 16.6. The number of carbonyl (C=O) groups is 1. The van der Waals surface area contributed by atoms with Crippen molar-refractivity contribution in [3.63, 3.8) is 0 Å². The summed E-state index contributed by atoms with van der Waals surface area (Å²) >= 11 is 0. The minimum atomic E-state index is -0.465. The van der Waals surface area contributed by atoms with E-state index in [0.29, 0.717) is 25.0 Å². The normalized spacial score (nSPS) is 16.8. The van der Waals surface area contributed by atoms with Crippen LogP contribution in [0.4, 0.5) is 22.2 Å². The van der Waals surface area contributed by atoms with E-state index >= 15 is 0 Å². The maximum absolute atomic E-state index is 12.3. The first-order chi connectivity index (χ1) is 18.8. The highest BCUT2D eigenvalue weighted by Gasteiger charge is 2.26. The summed E-state index contributed by atoms with van der Waals surface area (Å²) < 4.78 is 11.1. The molecule has 0 spiro atoms. The number of likely N-dealkylation sites (tertiary alicyclic amines) is 1. The Hall–Kier alpha value is -3.07. The van der Waals surface area contributed by atoms with Gasteiger partial charge in [-0.1, -0.05) is 12.8 Å². The predicted octanol–water partition coefficient (Wildman–Crippen LogP) is 5.61. The van der Waals surface area contributed by atoms with Crippen LogP contribution in [0, 0.1) is 11.8 Å². The van der Waals surface area contributed by atoms with E-state index in [2.05, 4.69) is 32.0 Å². The number of hydrogen-bond donors (Lipinski definition) is 3. The van der Waals surface area contributed by atoms with Crippen LogP contribution in [-0.2, 0) is 11.2 Å². The van der Waals surface area contributed by atoms with Crippen molar-refractivity contribution in [2.75, 3.05) is 50.5 Å². The SMILES string of the molecule is COc1ccc(Nc2nccc(NCC3CCN(C(=O)OC(C)(C)C)CC3)n2)cc1CCNCC1CCCC1. The molecule has 39 heavy (non-hydrogen) atoms. The Balaban J connectivity index is 1.24. The van der Waals surface area contributed by atoms with E-state index in [1.165, 1.54) is 25.7 Å². The fraction of sp³-hybridized carbons (Fsp3) is 0.633. The van der Waals surface area contributed by atoms with Crippen LogP contribution < -0.4 is 20.7 Å². The smallest absolute Gasteiger partial charge is 0.410 e. The summed E-state index contributed by atoms with van der Waals surface area (Å²) in [6.07, 6.45) is 9.79. The Morgan fingerprint density at radius 2 is 1.79 bits per heavy atom. The number of rotatable bonds is 11. The van der Waals surface area contributed by atoms with Crippen LogP contribution in [0.15, 0.2) is 30.5 Å². The van der Waals surface area contributed by atoms with Crippen molar-refractivity contribution in [3.8, 4) is 5.75 Å². The van der Waals surface area contributed by atoms with Gasteiger partial charge in [0.25, 0.3) is 0 Å². The molecular weight excluding hydrogens is 492 g/mol. The number of anilines is 3. The minimum absolute atomic E-state index is 0.220. The van der Waals surface area contributed by atoms with Crippen LogP contribution in [-0.4, -0.2) is 66.4 Å². The van der Waals surface area contributed by atoms with Crippen molar-refractivity contribution in [1.29, 1.82) is 0 Å². The number of carbonyl (C=O) groups excluding carboxylic acids is 1. The number of nitrogens with zero attached hydrogens (tertiary/aromatic N) is 3. The zero-order valence-electron chi connectivity index (χ0n) is 24.1. The van der Waals surface area contributed by atoms with Crippen LogP contribution in [0.3, 0.4) is 0 Å². The molecule has 4 rings (SSSR count). The van der Waals surface area contributed by atoms with E-state index in [0.717, 1.165) is 67.6 Å². The molecule has 214 valence electrons. The Bertz CT molecular complexity index is 1060. The molecule has 9 nitrogen and oxygen atoms in total. The van der Waals surface area contributed by atoms with Crippen molar-refractivity contribution in [2.24, 2.45) is 11.8 Å². The van der Waals surface area contributed by atoms with Crippen LogP contribution in [0.25, 0.3) is 0 Å². The topological polar surface area (TPSA) is 101 Å². The average molecular weight is 539 g/mol. The Kier molecular flexibility index (Phi) is 10.3. The number of piperidine rings is 1. The average Bonchev–Trinajstić information content (AvgIpc) is 3.43. The molecule has 0 radical (unpaired) electrons. The predicted molar refractivity (Wildman–Crippen MR) is 156 cm³/mol. The lowest BCUT2D eigenvalue weighted by molar-refractivity contribution is 0.0188. The molecule has 1 saturated heterocycles. The van der Waals surface area contributed by atoms with Crippen LogP contribution in [0.1, 0.15) is 64.9 Å². The van der Waals surface area contributed by atoms with Gasteiger partial charge >= 0.3 is 6.09 Å². The number of ether oxygens (including phenoxy) is 2. The molecule has 2 fully saturated rings. The summed E-state index contributed by atoms with van der Waals surface area (Å²) in [4.78, 5) is 23.2. The van der Waals surface area contributed by atoms with Crippen LogP contribution in [0.2, 0.25) is 0 Å². The molecule has 9 heteroatoms. The molecule has 0 atom stereocenters. The van der Waals surface area contributed by atoms with Gasteiger partial charge in [-0.05, 0) is 108 Å². The lowest BCUT2D eigenvalue weighted by Crippen LogP contribution is -2.42. The third kappa shape index (κ3) is 9.27. The van der Waals surface area contributed by atoms with Crippen LogP contribution in [0.5, 0.6) is 5.75 Å². The zero-order chi connectivity index (χ0) is 27.7. The Labute approximate surface area is 233 Å². The van der Waals surface area contributed by atoms with Gasteiger partial charge in [-0.3, -0.25) is 0 Å². The third-order valence-corrected chi connectivity index (χ3v) is 7.51. The lowest BCUT2D eigenvalue weighted by atomic mass is 9.97. The molecule has 1 amide bonds. The maximum Gasteiger partial charge on any atom is 0.410 e. The number of methoxy groups -OCH3 is 1. The first-order valence-corrected chi connectivity index (χ1v) is 14.5. The standard InChI is InChI=1S/C30H46N6O3/c1-30(2,3)39-29(37)36-17-13-23(14-18-36)21-33-27-12-16-32-28(35-27)34-25-9-10-26(38-4)24(19-25)11-15-31-20-22-7-5-6-8-22/h9-10,12,16,19,22-23,31H,5-8,11,13-15,17-18,20-21H2,1-4H3,(H2,32,33,34,35). The fourth-order valence-electron chi connectivity index (χ4n) is 5.34. The number of benzene rings is 1. The monoisotopic (exact) mass is 538 g/mol. The number of aromatic nitrogens is 2. The van der Waals surface area contributed by atoms with Gasteiger partial charge in [0.15, 0.2) is 0 Å². The molecule has 1 aliphatic heterocycles. The summed E-state index contributed by atoms with van der Waals surface area (Å²) in [6.45, 7) is 9.97. The summed E-state index contributed by atoms with van der Waals surface area (Å²) in [5.41, 5.74) is 1.63. The second-order valence-electron chi connectivity index (χ2n) is 11.8. The molecule has 3 N–H and O–H groups in total. The Morgan fingerprint density at radius 1 is 1.05 bits per heavy atom. The van der Waals surface area contributed by atoms with Crippen molar-refractivity contribution in [3.05, 3.63) is 36.0 Å². The van der Waals surface area contributed by atoms with Gasteiger partial charge in [-0.25, -0.2) is 9.78 Å². The van der Waals surface area contributed by atoms with Gasteiger partial charge in [0.05, 0.1) is 7.11 Å². The molecule has 1 saturated carbocycles. The van der Waals surface area contributed by atoms with E-state index in [1.54, 1.807) is 13.3 Å². The molecule has 2 heterocycles. The molecule has 1 aromatic carbocycles. The van der Waals surface area contributed by atoms with Crippen molar-refractivity contribution in [2.45, 2.75) is 71.3 Å². The van der Waals surface area contributed by atoms with Crippen molar-refractivity contribution in [1.82, 2.24) is 20.2 Å². The summed E-state index contributed by atoms with van der Waals surface area (Å²) in [7, 11) is 1.72. The zero-order valence-corrected chi connectivity index (χ0v) is 24.1. The summed E-state index contributed by atoms with van der Waals surface area (Å²) in [5.74, 6) is 3.55. The third-order valence-electron chi connectivity index (χ3n) is 7.51. The van der Waals surface area contributed by atoms with Gasteiger partial charge in [0.1, 0.15) is 17.2 Å². The molecular formula is C30H46N6O3. The molecule has 0 bridgehead atoms. The second-order valence-corrected chi connectivity index (χ2v) is 11.8. The summed E-state index contributed by atoms with van der Waals surface area (Å²) in [5, 5.41) is 10.4. The molecule has 0 unspecified atom stereocenters. The van der Waals surface area contributed by atoms with E-state index in [9.17, 15) is 4.79 Å². The van der Waals surface area contributed by atoms with Crippen molar-refractivity contribution >= 4 is 23.5 Å². The highest BCUT2D eigenvalue weighted by molar-refractivity contribution is 5.68. The Morgan fingerprint density at radius 3 is 2.51 bits per heavy atom. The van der Waals surface area contributed by atoms with Gasteiger partial charge < -0.3 is 30.3 Å². The summed E-state index contributed by atoms with van der Waals surface area (Å²) in [6, 6.07) is 8.01. The van der Waals surface area contributed by atoms with E-state index in [-0.39, 0.29) is 6.09 Å². The van der Waals surface area contributed by atoms with E-state index in [1.807, 2.05) is 43.9 Å². The molecule has 2 aromatic rings. The first-order valence-electron chi connectivity index (χ1n) is 14.5. The molecule has 1 aliphatic carbocycles. The highest BCUT2D eigenvalue weighted by Crippen LogP contribution is 2.26. The quantitative estimate of drug-likeness (QED) is 0.318. The van der Waals surface area contributed by atoms with Crippen molar-refractivity contribution < 1.29 is 14.3 Å². The lowest BCUT2D eigenvalue weighted by Gasteiger charge is -2.33. The second kappa shape index (κ2) is 13.8. The van der Waals surface area contributed by atoms with E-state index in [4.69, 9.17) is 9.47 Å². The van der Waals surface area contributed by atoms with Gasteiger partial charge in [-0.15, -0.1) is 0 Å². The van der Waals surface area contributed by atoms with Crippen LogP contribution >= 0.6 is 0 Å². The van der Waals surface area contributed by atoms with Gasteiger partial charge in [-0.2, -0.15) is 4.98 Å². The van der Waals surface area contributed by atoms with E-state index < -0.39 is 5.60 Å².